The molecule has 0 N–H and O–H groups in total. The zero-order valence-corrected chi connectivity index (χ0v) is 9.00. The molecule has 1 aliphatic carbocycles. The molecule has 14 heavy (non-hydrogen) atoms. The third-order valence-electron chi connectivity index (χ3n) is 2.64. The van der Waals surface area contributed by atoms with Gasteiger partial charge in [-0.1, -0.05) is 38.8 Å². The molecule has 0 bridgehead atoms. The summed E-state index contributed by atoms with van der Waals surface area (Å²) in [6.45, 7) is 7.06. The molecule has 1 rings (SSSR count). The van der Waals surface area contributed by atoms with E-state index in [1.165, 1.54) is 38.8 Å². The van der Waals surface area contributed by atoms with Crippen molar-refractivity contribution in [3.8, 4) is 0 Å². The number of hydrogen-bond acceptors (Lipinski definition) is 1. The molecule has 0 saturated carbocycles. The van der Waals surface area contributed by atoms with Gasteiger partial charge in [0.15, 0.2) is 0 Å². The summed E-state index contributed by atoms with van der Waals surface area (Å²) in [4.78, 5) is 2.59. The van der Waals surface area contributed by atoms with Crippen molar-refractivity contribution in [2.45, 2.75) is 45.6 Å². The van der Waals surface area contributed by atoms with Crippen molar-refractivity contribution < 1.29 is 0 Å². The molecule has 0 spiro atoms. The van der Waals surface area contributed by atoms with Crippen LogP contribution in [0.2, 0.25) is 0 Å². The molecule has 0 fully saturated rings. The molecular formula is C12H23LiN. The molecule has 0 aromatic heterocycles. The Hall–Kier alpha value is 0.297. The summed E-state index contributed by atoms with van der Waals surface area (Å²) >= 11 is 0. The number of rotatable bonds is 7. The fourth-order valence-corrected chi connectivity index (χ4v) is 1.59. The van der Waals surface area contributed by atoms with Crippen LogP contribution in [0.5, 0.6) is 0 Å². The van der Waals surface area contributed by atoms with Crippen LogP contribution in [0.4, 0.5) is 0 Å². The normalized spacial score (nSPS) is 19.2. The minimum absolute atomic E-state index is 0. The molecule has 0 heterocycles. The minimum atomic E-state index is 0. The summed E-state index contributed by atoms with van der Waals surface area (Å²) in [6, 6.07) is 0.651. The third kappa shape index (κ3) is 4.69. The maximum absolute atomic E-state index is 2.59. The summed E-state index contributed by atoms with van der Waals surface area (Å²) in [5, 5.41) is 0. The fraction of sp³-hybridized carbons (Fsp3) is 0.750. The van der Waals surface area contributed by atoms with Crippen LogP contribution in [0.3, 0.4) is 0 Å². The zero-order chi connectivity index (χ0) is 9.52. The van der Waals surface area contributed by atoms with Crippen molar-refractivity contribution in [1.29, 1.82) is 0 Å². The van der Waals surface area contributed by atoms with Crippen LogP contribution in [-0.4, -0.2) is 42.9 Å². The van der Waals surface area contributed by atoms with E-state index in [0.29, 0.717) is 6.04 Å². The van der Waals surface area contributed by atoms with Crippen molar-refractivity contribution in [1.82, 2.24) is 4.90 Å². The van der Waals surface area contributed by atoms with Crippen molar-refractivity contribution in [2.75, 3.05) is 13.1 Å². The summed E-state index contributed by atoms with van der Waals surface area (Å²) in [5.41, 5.74) is 0. The van der Waals surface area contributed by atoms with Crippen LogP contribution < -0.4 is 0 Å². The van der Waals surface area contributed by atoms with Crippen molar-refractivity contribution in [3.63, 3.8) is 0 Å². The topological polar surface area (TPSA) is 3.24 Å². The molecule has 77 valence electrons. The Labute approximate surface area is 101 Å². The molecule has 0 aromatic rings. The molecular weight excluding hydrogens is 165 g/mol. The van der Waals surface area contributed by atoms with Gasteiger partial charge in [0.05, 0.1) is 0 Å². The molecule has 1 radical (unpaired) electrons. The second-order valence-electron chi connectivity index (χ2n) is 3.81. The Kier molecular flexibility index (Phi) is 8.78. The van der Waals surface area contributed by atoms with Crippen LogP contribution in [0.15, 0.2) is 12.2 Å². The third-order valence-corrected chi connectivity index (χ3v) is 2.64. The Morgan fingerprint density at radius 2 is 1.57 bits per heavy atom. The van der Waals surface area contributed by atoms with Gasteiger partial charge in [-0.3, -0.25) is 4.90 Å². The Morgan fingerprint density at radius 1 is 1.07 bits per heavy atom. The molecule has 0 aliphatic heterocycles. The van der Waals surface area contributed by atoms with E-state index in [1.54, 1.807) is 0 Å². The average molecular weight is 188 g/mol. The van der Waals surface area contributed by atoms with Gasteiger partial charge in [-0.2, -0.15) is 0 Å². The Morgan fingerprint density at radius 3 is 1.86 bits per heavy atom. The summed E-state index contributed by atoms with van der Waals surface area (Å²) < 4.78 is 0. The number of nitrogens with zero attached hydrogens (tertiary/aromatic N) is 1. The van der Waals surface area contributed by atoms with Crippen molar-refractivity contribution in [2.24, 2.45) is 0 Å². The van der Waals surface area contributed by atoms with Gasteiger partial charge in [0, 0.05) is 12.5 Å². The second kappa shape index (κ2) is 8.59. The van der Waals surface area contributed by atoms with Crippen molar-refractivity contribution in [3.05, 3.63) is 18.6 Å². The van der Waals surface area contributed by atoms with Gasteiger partial charge in [-0.05, 0) is 25.9 Å². The standard InChI is InChI=1S/C12H22N.Li.H/c1-3-5-10-13(11-6-4-2)12-8-7-9-12;;/h7-9,12H,3-6,10-11H2,1-2H3;;. The molecule has 0 amide bonds. The van der Waals surface area contributed by atoms with Crippen LogP contribution in [0.1, 0.15) is 39.5 Å². The first-order valence-electron chi connectivity index (χ1n) is 5.64. The Bertz CT molecular complexity index is 148. The van der Waals surface area contributed by atoms with Gasteiger partial charge in [0.1, 0.15) is 0 Å². The van der Waals surface area contributed by atoms with Gasteiger partial charge >= 0.3 is 18.9 Å². The van der Waals surface area contributed by atoms with E-state index in [4.69, 9.17) is 0 Å². The van der Waals surface area contributed by atoms with E-state index in [9.17, 15) is 0 Å². The molecule has 2 heteroatoms. The molecule has 1 unspecified atom stereocenters. The summed E-state index contributed by atoms with van der Waals surface area (Å²) in [5.74, 6) is 0. The van der Waals surface area contributed by atoms with Gasteiger partial charge < -0.3 is 0 Å². The first kappa shape index (κ1) is 14.3. The maximum atomic E-state index is 2.59. The summed E-state index contributed by atoms with van der Waals surface area (Å²) in [7, 11) is 0. The summed E-state index contributed by atoms with van der Waals surface area (Å²) in [6.07, 6.45) is 12.0. The predicted octanol–water partition coefficient (Wildman–Crippen LogP) is 2.38. The molecule has 1 nitrogen and oxygen atoms in total. The van der Waals surface area contributed by atoms with E-state index in [2.05, 4.69) is 37.3 Å². The van der Waals surface area contributed by atoms with Crippen LogP contribution in [0.25, 0.3) is 0 Å². The first-order chi connectivity index (χ1) is 6.38. The monoisotopic (exact) mass is 188 g/mol. The van der Waals surface area contributed by atoms with Gasteiger partial charge in [0.25, 0.3) is 0 Å². The van der Waals surface area contributed by atoms with Crippen LogP contribution in [0, 0.1) is 6.42 Å². The molecule has 1 aliphatic rings. The van der Waals surface area contributed by atoms with E-state index >= 15 is 0 Å². The van der Waals surface area contributed by atoms with Crippen LogP contribution >= 0.6 is 0 Å². The van der Waals surface area contributed by atoms with Gasteiger partial charge in [-0.25, -0.2) is 0 Å². The fourth-order valence-electron chi connectivity index (χ4n) is 1.59. The molecule has 1 atom stereocenters. The van der Waals surface area contributed by atoms with Crippen molar-refractivity contribution >= 4 is 18.9 Å². The molecule has 0 saturated heterocycles. The van der Waals surface area contributed by atoms with E-state index < -0.39 is 0 Å². The first-order valence-corrected chi connectivity index (χ1v) is 5.64. The van der Waals surface area contributed by atoms with E-state index in [1.807, 2.05) is 0 Å². The predicted molar refractivity (Wildman–Crippen MR) is 65.8 cm³/mol. The van der Waals surface area contributed by atoms with E-state index in [-0.39, 0.29) is 18.9 Å². The SMILES string of the molecule is CCCCN(CCCC)C1[CH]C=C1.[LiH]. The van der Waals surface area contributed by atoms with Gasteiger partial charge in [0.2, 0.25) is 0 Å². The van der Waals surface area contributed by atoms with Gasteiger partial charge in [-0.15, -0.1) is 0 Å². The average Bonchev–Trinajstić information content (AvgIpc) is 2.06. The number of hydrogen-bond donors (Lipinski definition) is 0. The second-order valence-corrected chi connectivity index (χ2v) is 3.81. The zero-order valence-electron chi connectivity index (χ0n) is 9.00. The molecule has 0 aromatic carbocycles. The number of unbranched alkanes of at least 4 members (excludes halogenated alkanes) is 2. The van der Waals surface area contributed by atoms with E-state index in [0.717, 1.165) is 0 Å². The van der Waals surface area contributed by atoms with Crippen LogP contribution in [-0.2, 0) is 0 Å². The Balaban J connectivity index is 0.00000169. The quantitative estimate of drug-likeness (QED) is 0.554.